The van der Waals surface area contributed by atoms with E-state index >= 15 is 0 Å². The fraction of sp³-hybridized carbons (Fsp3) is 0.889. The van der Waals surface area contributed by atoms with Crippen molar-refractivity contribution in [2.24, 2.45) is 5.73 Å². The van der Waals surface area contributed by atoms with E-state index in [1.807, 2.05) is 13.8 Å². The molecule has 0 aliphatic carbocycles. The molecule has 5 heteroatoms. The fourth-order valence-electron chi connectivity index (χ4n) is 0.893. The molecule has 1 amide bonds. The Kier molecular flexibility index (Phi) is 7.37. The van der Waals surface area contributed by atoms with Gasteiger partial charge in [0.05, 0.1) is 12.7 Å². The molecule has 0 spiro atoms. The number of ether oxygens (including phenoxy) is 2. The first-order valence-electron chi connectivity index (χ1n) is 4.74. The average molecular weight is 204 g/mol. The summed E-state index contributed by atoms with van der Waals surface area (Å²) in [7, 11) is 1.46. The Hall–Kier alpha value is -0.650. The molecule has 0 aromatic rings. The summed E-state index contributed by atoms with van der Waals surface area (Å²) in [6.45, 7) is 5.06. The molecule has 5 nitrogen and oxygen atoms in total. The molecule has 0 radical (unpaired) electrons. The van der Waals surface area contributed by atoms with Gasteiger partial charge in [-0.3, -0.25) is 4.79 Å². The standard InChI is InChI=1S/C9H20N2O3/c1-7(2)14-5-4-11-9(12)8(6-10)13-3/h7-8H,4-6,10H2,1-3H3,(H,11,12). The van der Waals surface area contributed by atoms with Crippen molar-refractivity contribution in [3.05, 3.63) is 0 Å². The lowest BCUT2D eigenvalue weighted by Crippen LogP contribution is -2.41. The first-order chi connectivity index (χ1) is 6.61. The van der Waals surface area contributed by atoms with Gasteiger partial charge in [-0.2, -0.15) is 0 Å². The maximum atomic E-state index is 11.3. The second kappa shape index (κ2) is 7.73. The van der Waals surface area contributed by atoms with E-state index in [9.17, 15) is 4.79 Å². The summed E-state index contributed by atoms with van der Waals surface area (Å²) in [5.74, 6) is -0.192. The summed E-state index contributed by atoms with van der Waals surface area (Å²) in [4.78, 5) is 11.3. The van der Waals surface area contributed by atoms with Crippen LogP contribution in [0.15, 0.2) is 0 Å². The predicted molar refractivity (Wildman–Crippen MR) is 53.9 cm³/mol. The third-order valence-electron chi connectivity index (χ3n) is 1.64. The van der Waals surface area contributed by atoms with Gasteiger partial charge in [-0.05, 0) is 13.8 Å². The van der Waals surface area contributed by atoms with Gasteiger partial charge in [-0.1, -0.05) is 0 Å². The van der Waals surface area contributed by atoms with Crippen LogP contribution in [-0.2, 0) is 14.3 Å². The third kappa shape index (κ3) is 5.90. The van der Waals surface area contributed by atoms with E-state index in [0.29, 0.717) is 13.2 Å². The Morgan fingerprint density at radius 3 is 2.57 bits per heavy atom. The summed E-state index contributed by atoms with van der Waals surface area (Å²) in [5.41, 5.74) is 5.32. The molecule has 0 rings (SSSR count). The number of nitrogens with one attached hydrogen (secondary N) is 1. The number of rotatable bonds is 7. The summed E-state index contributed by atoms with van der Waals surface area (Å²) in [5, 5.41) is 2.67. The first kappa shape index (κ1) is 13.4. The summed E-state index contributed by atoms with van der Waals surface area (Å²) < 4.78 is 10.1. The fourth-order valence-corrected chi connectivity index (χ4v) is 0.893. The lowest BCUT2D eigenvalue weighted by molar-refractivity contribution is -0.130. The molecule has 0 heterocycles. The zero-order valence-electron chi connectivity index (χ0n) is 9.08. The molecule has 14 heavy (non-hydrogen) atoms. The lowest BCUT2D eigenvalue weighted by atomic mass is 10.3. The molecule has 0 bridgehead atoms. The zero-order chi connectivity index (χ0) is 11.0. The molecule has 0 saturated heterocycles. The second-order valence-electron chi connectivity index (χ2n) is 3.17. The van der Waals surface area contributed by atoms with Crippen LogP contribution in [0.5, 0.6) is 0 Å². The van der Waals surface area contributed by atoms with Crippen LogP contribution in [0, 0.1) is 0 Å². The minimum atomic E-state index is -0.561. The van der Waals surface area contributed by atoms with Crippen LogP contribution in [0.4, 0.5) is 0 Å². The zero-order valence-corrected chi connectivity index (χ0v) is 9.08. The largest absolute Gasteiger partial charge is 0.377 e. The molecule has 84 valence electrons. The van der Waals surface area contributed by atoms with Crippen molar-refractivity contribution in [1.82, 2.24) is 5.32 Å². The van der Waals surface area contributed by atoms with Crippen molar-refractivity contribution < 1.29 is 14.3 Å². The Morgan fingerprint density at radius 2 is 2.14 bits per heavy atom. The van der Waals surface area contributed by atoms with Gasteiger partial charge in [0.15, 0.2) is 0 Å². The minimum Gasteiger partial charge on any atom is -0.377 e. The minimum absolute atomic E-state index is 0.180. The number of carbonyl (C=O) groups is 1. The highest BCUT2D eigenvalue weighted by molar-refractivity contribution is 5.80. The van der Waals surface area contributed by atoms with Crippen LogP contribution in [0.2, 0.25) is 0 Å². The van der Waals surface area contributed by atoms with Crippen LogP contribution in [0.1, 0.15) is 13.8 Å². The van der Waals surface area contributed by atoms with Crippen molar-refractivity contribution in [3.8, 4) is 0 Å². The molecular formula is C9H20N2O3. The monoisotopic (exact) mass is 204 g/mol. The van der Waals surface area contributed by atoms with Crippen LogP contribution in [-0.4, -0.2) is 44.9 Å². The normalized spacial score (nSPS) is 12.9. The van der Waals surface area contributed by atoms with Gasteiger partial charge >= 0.3 is 0 Å². The van der Waals surface area contributed by atoms with Crippen LogP contribution >= 0.6 is 0 Å². The second-order valence-corrected chi connectivity index (χ2v) is 3.17. The number of hydrogen-bond acceptors (Lipinski definition) is 4. The average Bonchev–Trinajstić information content (AvgIpc) is 2.14. The number of hydrogen-bond donors (Lipinski definition) is 2. The molecule has 0 fully saturated rings. The Balaban J connectivity index is 3.52. The number of carbonyl (C=O) groups excluding carboxylic acids is 1. The number of amides is 1. The summed E-state index contributed by atoms with van der Waals surface area (Å²) in [6.07, 6.45) is -0.381. The van der Waals surface area contributed by atoms with Crippen molar-refractivity contribution in [2.45, 2.75) is 26.1 Å². The van der Waals surface area contributed by atoms with Crippen LogP contribution in [0.25, 0.3) is 0 Å². The van der Waals surface area contributed by atoms with E-state index < -0.39 is 6.10 Å². The smallest absolute Gasteiger partial charge is 0.250 e. The molecule has 0 aromatic carbocycles. The van der Waals surface area contributed by atoms with Crippen molar-refractivity contribution in [3.63, 3.8) is 0 Å². The SMILES string of the molecule is COC(CN)C(=O)NCCOC(C)C. The molecule has 1 atom stereocenters. The van der Waals surface area contributed by atoms with E-state index in [-0.39, 0.29) is 18.6 Å². The van der Waals surface area contributed by atoms with Crippen LogP contribution < -0.4 is 11.1 Å². The molecule has 0 aliphatic heterocycles. The molecule has 0 aliphatic rings. The van der Waals surface area contributed by atoms with E-state index in [0.717, 1.165) is 0 Å². The van der Waals surface area contributed by atoms with Gasteiger partial charge in [0.25, 0.3) is 5.91 Å². The summed E-state index contributed by atoms with van der Waals surface area (Å²) >= 11 is 0. The predicted octanol–water partition coefficient (Wildman–Crippen LogP) is -0.499. The lowest BCUT2D eigenvalue weighted by Gasteiger charge is -2.13. The maximum absolute atomic E-state index is 11.3. The Bertz CT molecular complexity index is 158. The van der Waals surface area contributed by atoms with E-state index in [2.05, 4.69) is 5.32 Å². The van der Waals surface area contributed by atoms with Gasteiger partial charge < -0.3 is 20.5 Å². The van der Waals surface area contributed by atoms with Crippen molar-refractivity contribution in [1.29, 1.82) is 0 Å². The highest BCUT2D eigenvalue weighted by Gasteiger charge is 2.14. The van der Waals surface area contributed by atoms with Gasteiger partial charge in [0, 0.05) is 20.2 Å². The van der Waals surface area contributed by atoms with Gasteiger partial charge in [0.2, 0.25) is 0 Å². The Morgan fingerprint density at radius 1 is 1.50 bits per heavy atom. The maximum Gasteiger partial charge on any atom is 0.250 e. The number of methoxy groups -OCH3 is 1. The van der Waals surface area contributed by atoms with E-state index in [1.54, 1.807) is 0 Å². The van der Waals surface area contributed by atoms with Gasteiger partial charge in [-0.15, -0.1) is 0 Å². The first-order valence-corrected chi connectivity index (χ1v) is 4.74. The molecule has 0 saturated carbocycles. The van der Waals surface area contributed by atoms with Crippen molar-refractivity contribution in [2.75, 3.05) is 26.8 Å². The third-order valence-corrected chi connectivity index (χ3v) is 1.64. The quantitative estimate of drug-likeness (QED) is 0.548. The van der Waals surface area contributed by atoms with E-state index in [1.165, 1.54) is 7.11 Å². The van der Waals surface area contributed by atoms with Crippen LogP contribution in [0.3, 0.4) is 0 Å². The molecule has 1 unspecified atom stereocenters. The highest BCUT2D eigenvalue weighted by Crippen LogP contribution is 1.88. The molecule has 3 N–H and O–H groups in total. The van der Waals surface area contributed by atoms with E-state index in [4.69, 9.17) is 15.2 Å². The molecule has 0 aromatic heterocycles. The highest BCUT2D eigenvalue weighted by atomic mass is 16.5. The van der Waals surface area contributed by atoms with Crippen molar-refractivity contribution >= 4 is 5.91 Å². The Labute approximate surface area is 84.9 Å². The molecular weight excluding hydrogens is 184 g/mol. The van der Waals surface area contributed by atoms with Gasteiger partial charge in [-0.25, -0.2) is 0 Å². The summed E-state index contributed by atoms with van der Waals surface area (Å²) in [6, 6.07) is 0. The number of nitrogens with two attached hydrogens (primary N) is 1. The topological polar surface area (TPSA) is 73.6 Å². The van der Waals surface area contributed by atoms with Gasteiger partial charge in [0.1, 0.15) is 6.10 Å².